The number of carbonyl (C=O) groups is 1. The number of nitrogens with one attached hydrogen (secondary N) is 1. The number of non-ortho nitro benzene ring substituents is 1. The fourth-order valence-corrected chi connectivity index (χ4v) is 2.59. The minimum absolute atomic E-state index is 0.0115. The predicted molar refractivity (Wildman–Crippen MR) is 99.2 cm³/mol. The Kier molecular flexibility index (Phi) is 4.53. The number of rotatable bonds is 4. The molecule has 1 amide bonds. The van der Waals surface area contributed by atoms with E-state index in [1.54, 1.807) is 25.2 Å². The zero-order valence-electron chi connectivity index (χ0n) is 14.7. The van der Waals surface area contributed by atoms with Gasteiger partial charge in [0, 0.05) is 30.4 Å². The molecule has 0 spiro atoms. The van der Waals surface area contributed by atoms with Gasteiger partial charge in [-0.05, 0) is 55.3 Å². The van der Waals surface area contributed by atoms with Crippen LogP contribution in [0.4, 0.5) is 11.4 Å². The molecule has 132 valence electrons. The fourth-order valence-electron chi connectivity index (χ4n) is 2.59. The summed E-state index contributed by atoms with van der Waals surface area (Å²) < 4.78 is 1.49. The van der Waals surface area contributed by atoms with Crippen molar-refractivity contribution < 1.29 is 9.72 Å². The number of nitro benzene ring substituents is 1. The highest BCUT2D eigenvalue weighted by Gasteiger charge is 2.15. The van der Waals surface area contributed by atoms with Crippen molar-refractivity contribution in [1.29, 1.82) is 0 Å². The summed E-state index contributed by atoms with van der Waals surface area (Å²) in [4.78, 5) is 22.9. The molecule has 7 nitrogen and oxygen atoms in total. The van der Waals surface area contributed by atoms with Crippen LogP contribution in [0.5, 0.6) is 0 Å². The van der Waals surface area contributed by atoms with Crippen LogP contribution in [0.2, 0.25) is 0 Å². The minimum Gasteiger partial charge on any atom is -0.321 e. The molecule has 1 heterocycles. The highest BCUT2D eigenvalue weighted by atomic mass is 16.6. The van der Waals surface area contributed by atoms with E-state index in [9.17, 15) is 14.9 Å². The van der Waals surface area contributed by atoms with Gasteiger partial charge in [-0.2, -0.15) is 5.10 Å². The lowest BCUT2D eigenvalue weighted by Gasteiger charge is -2.07. The van der Waals surface area contributed by atoms with Gasteiger partial charge in [0.2, 0.25) is 0 Å². The van der Waals surface area contributed by atoms with Crippen molar-refractivity contribution in [1.82, 2.24) is 9.78 Å². The molecule has 3 rings (SSSR count). The monoisotopic (exact) mass is 350 g/mol. The van der Waals surface area contributed by atoms with Gasteiger partial charge < -0.3 is 5.32 Å². The van der Waals surface area contributed by atoms with Gasteiger partial charge in [0.25, 0.3) is 11.6 Å². The molecule has 1 aromatic heterocycles. The Labute approximate surface area is 150 Å². The van der Waals surface area contributed by atoms with E-state index in [2.05, 4.69) is 10.4 Å². The standard InChI is InChI=1S/C19H18N4O3/c1-12-4-7-15(10-13(12)2)20-19(24)18-11-17(21-22(18)3)14-5-8-16(9-6-14)23(25)26/h4-11H,1-3H3,(H,20,24). The second-order valence-electron chi connectivity index (χ2n) is 6.10. The number of aryl methyl sites for hydroxylation is 3. The molecule has 1 N–H and O–H groups in total. The molecule has 2 aromatic carbocycles. The normalized spacial score (nSPS) is 10.6. The highest BCUT2D eigenvalue weighted by Crippen LogP contribution is 2.23. The lowest BCUT2D eigenvalue weighted by atomic mass is 10.1. The number of amides is 1. The van der Waals surface area contributed by atoms with Gasteiger partial charge in [0.1, 0.15) is 5.69 Å². The molecule has 0 atom stereocenters. The fraction of sp³-hybridized carbons (Fsp3) is 0.158. The Balaban J connectivity index is 1.83. The molecular formula is C19H18N4O3. The molecule has 0 aliphatic carbocycles. The number of hydrogen-bond donors (Lipinski definition) is 1. The van der Waals surface area contributed by atoms with Crippen LogP contribution >= 0.6 is 0 Å². The van der Waals surface area contributed by atoms with Crippen molar-refractivity contribution in [2.45, 2.75) is 13.8 Å². The summed E-state index contributed by atoms with van der Waals surface area (Å²) in [6.45, 7) is 4.00. The SMILES string of the molecule is Cc1ccc(NC(=O)c2cc(-c3ccc([N+](=O)[O-])cc3)nn2C)cc1C. The third kappa shape index (κ3) is 3.46. The van der Waals surface area contributed by atoms with Gasteiger partial charge in [0.05, 0.1) is 10.6 Å². The first-order valence-electron chi connectivity index (χ1n) is 8.02. The molecule has 0 fully saturated rings. The molecule has 0 radical (unpaired) electrons. The molecule has 3 aromatic rings. The smallest absolute Gasteiger partial charge is 0.273 e. The first-order valence-corrected chi connectivity index (χ1v) is 8.02. The van der Waals surface area contributed by atoms with Gasteiger partial charge in [0.15, 0.2) is 0 Å². The largest absolute Gasteiger partial charge is 0.321 e. The minimum atomic E-state index is -0.454. The van der Waals surface area contributed by atoms with E-state index in [-0.39, 0.29) is 11.6 Å². The zero-order chi connectivity index (χ0) is 18.8. The highest BCUT2D eigenvalue weighted by molar-refractivity contribution is 6.03. The number of hydrogen-bond acceptors (Lipinski definition) is 4. The third-order valence-corrected chi connectivity index (χ3v) is 4.25. The van der Waals surface area contributed by atoms with Crippen LogP contribution in [0.15, 0.2) is 48.5 Å². The molecule has 26 heavy (non-hydrogen) atoms. The Morgan fingerprint density at radius 3 is 2.38 bits per heavy atom. The number of nitrogens with zero attached hydrogens (tertiary/aromatic N) is 3. The van der Waals surface area contributed by atoms with Crippen LogP contribution in [0.3, 0.4) is 0 Å². The second kappa shape index (κ2) is 6.79. The van der Waals surface area contributed by atoms with E-state index < -0.39 is 4.92 Å². The average molecular weight is 350 g/mol. The Hall–Kier alpha value is -3.48. The quantitative estimate of drug-likeness (QED) is 0.571. The molecule has 0 unspecified atom stereocenters. The molecule has 0 aliphatic heterocycles. The summed E-state index contributed by atoms with van der Waals surface area (Å²) in [6.07, 6.45) is 0. The Morgan fingerprint density at radius 2 is 1.77 bits per heavy atom. The second-order valence-corrected chi connectivity index (χ2v) is 6.10. The van der Waals surface area contributed by atoms with Crippen LogP contribution < -0.4 is 5.32 Å². The van der Waals surface area contributed by atoms with E-state index in [0.717, 1.165) is 16.8 Å². The van der Waals surface area contributed by atoms with Gasteiger partial charge in [-0.3, -0.25) is 19.6 Å². The maximum absolute atomic E-state index is 12.6. The van der Waals surface area contributed by atoms with Crippen LogP contribution in [-0.4, -0.2) is 20.6 Å². The van der Waals surface area contributed by atoms with Crippen LogP contribution in [-0.2, 0) is 7.05 Å². The zero-order valence-corrected chi connectivity index (χ0v) is 14.7. The van der Waals surface area contributed by atoms with Crippen LogP contribution in [0.1, 0.15) is 21.6 Å². The topological polar surface area (TPSA) is 90.1 Å². The van der Waals surface area contributed by atoms with Gasteiger partial charge >= 0.3 is 0 Å². The summed E-state index contributed by atoms with van der Waals surface area (Å²) in [5.41, 5.74) is 4.66. The van der Waals surface area contributed by atoms with Crippen molar-refractivity contribution >= 4 is 17.3 Å². The summed E-state index contributed by atoms with van der Waals surface area (Å²) in [5, 5.41) is 18.0. The van der Waals surface area contributed by atoms with E-state index >= 15 is 0 Å². The maximum atomic E-state index is 12.6. The van der Waals surface area contributed by atoms with Crippen molar-refractivity contribution in [3.63, 3.8) is 0 Å². The van der Waals surface area contributed by atoms with E-state index in [4.69, 9.17) is 0 Å². The first-order chi connectivity index (χ1) is 12.3. The summed E-state index contributed by atoms with van der Waals surface area (Å²) >= 11 is 0. The Bertz CT molecular complexity index is 991. The maximum Gasteiger partial charge on any atom is 0.273 e. The van der Waals surface area contributed by atoms with E-state index in [1.807, 2.05) is 32.0 Å². The lowest BCUT2D eigenvalue weighted by molar-refractivity contribution is -0.384. The number of carbonyl (C=O) groups excluding carboxylic acids is 1. The van der Waals surface area contributed by atoms with Crippen molar-refractivity contribution in [3.05, 3.63) is 75.5 Å². The third-order valence-electron chi connectivity index (χ3n) is 4.25. The molecule has 0 saturated carbocycles. The molecule has 0 aliphatic rings. The lowest BCUT2D eigenvalue weighted by Crippen LogP contribution is -2.16. The van der Waals surface area contributed by atoms with Crippen LogP contribution in [0, 0.1) is 24.0 Å². The summed E-state index contributed by atoms with van der Waals surface area (Å²) in [6, 6.07) is 13.5. The van der Waals surface area contributed by atoms with Crippen LogP contribution in [0.25, 0.3) is 11.3 Å². The van der Waals surface area contributed by atoms with Crippen molar-refractivity contribution in [3.8, 4) is 11.3 Å². The van der Waals surface area contributed by atoms with E-state index in [1.165, 1.54) is 16.8 Å². The van der Waals surface area contributed by atoms with E-state index in [0.29, 0.717) is 17.0 Å². The predicted octanol–water partition coefficient (Wildman–Crippen LogP) is 3.86. The first kappa shape index (κ1) is 17.3. The number of anilines is 1. The molecular weight excluding hydrogens is 332 g/mol. The number of nitro groups is 1. The Morgan fingerprint density at radius 1 is 1.08 bits per heavy atom. The number of aromatic nitrogens is 2. The van der Waals surface area contributed by atoms with Gasteiger partial charge in [-0.25, -0.2) is 0 Å². The number of benzene rings is 2. The molecule has 0 saturated heterocycles. The average Bonchev–Trinajstić information content (AvgIpc) is 3.00. The molecule has 0 bridgehead atoms. The summed E-state index contributed by atoms with van der Waals surface area (Å²) in [7, 11) is 1.68. The van der Waals surface area contributed by atoms with Gasteiger partial charge in [-0.1, -0.05) is 6.07 Å². The summed E-state index contributed by atoms with van der Waals surface area (Å²) in [5.74, 6) is -0.267. The van der Waals surface area contributed by atoms with Gasteiger partial charge in [-0.15, -0.1) is 0 Å². The van der Waals surface area contributed by atoms with Crippen molar-refractivity contribution in [2.24, 2.45) is 7.05 Å². The molecule has 7 heteroatoms. The van der Waals surface area contributed by atoms with Crippen molar-refractivity contribution in [2.75, 3.05) is 5.32 Å².